The third-order valence-corrected chi connectivity index (χ3v) is 5.48. The molecule has 1 saturated heterocycles. The topological polar surface area (TPSA) is 16.1 Å². The molecule has 2 nitrogen and oxygen atoms in total. The van der Waals surface area contributed by atoms with E-state index >= 15 is 0 Å². The molecule has 0 N–H and O–H groups in total. The van der Waals surface area contributed by atoms with Gasteiger partial charge in [0.1, 0.15) is 0 Å². The van der Waals surface area contributed by atoms with E-state index in [0.29, 0.717) is 0 Å². The van der Waals surface area contributed by atoms with Gasteiger partial charge in [0, 0.05) is 25.0 Å². The van der Waals surface area contributed by atoms with Gasteiger partial charge in [-0.1, -0.05) is 55.5 Å². The molecule has 3 aromatic rings. The summed E-state index contributed by atoms with van der Waals surface area (Å²) in [6, 6.07) is 17.2. The average molecular weight is 342 g/mol. The van der Waals surface area contributed by atoms with Crippen molar-refractivity contribution in [3.8, 4) is 0 Å². The van der Waals surface area contributed by atoms with Crippen molar-refractivity contribution in [3.63, 3.8) is 0 Å². The number of aromatic nitrogens is 1. The molecule has 0 radical (unpaired) electrons. The molecule has 1 aliphatic rings. The summed E-state index contributed by atoms with van der Waals surface area (Å²) < 4.78 is 0. The molecule has 2 aromatic carbocycles. The number of piperidine rings is 1. The summed E-state index contributed by atoms with van der Waals surface area (Å²) in [5.41, 5.74) is 4.86. The maximum absolute atomic E-state index is 4.63. The number of rotatable bonds is 3. The standard InChI is InChI=1S/C24H26N2/c1-18-12-14-26(15-13-18)24-16-22(25-17-19(24)2)11-10-21-8-5-7-20-6-3-4-9-23(20)21/h3-11,16-18H,12-15H2,1-2H3/b11-10-. The van der Waals surface area contributed by atoms with Crippen LogP contribution in [-0.4, -0.2) is 18.1 Å². The van der Waals surface area contributed by atoms with Crippen molar-refractivity contribution in [3.05, 3.63) is 71.5 Å². The van der Waals surface area contributed by atoms with Gasteiger partial charge in [0.15, 0.2) is 0 Å². The fraction of sp³-hybridized carbons (Fsp3) is 0.292. The highest BCUT2D eigenvalue weighted by molar-refractivity contribution is 5.92. The third kappa shape index (κ3) is 3.50. The quantitative estimate of drug-likeness (QED) is 0.584. The van der Waals surface area contributed by atoms with E-state index in [1.165, 1.54) is 40.4 Å². The zero-order chi connectivity index (χ0) is 17.9. The molecule has 26 heavy (non-hydrogen) atoms. The second-order valence-corrected chi connectivity index (χ2v) is 7.47. The first-order chi connectivity index (χ1) is 12.7. The lowest BCUT2D eigenvalue weighted by atomic mass is 9.98. The van der Waals surface area contributed by atoms with E-state index in [1.54, 1.807) is 0 Å². The molecule has 1 aliphatic heterocycles. The highest BCUT2D eigenvalue weighted by Gasteiger charge is 2.17. The minimum Gasteiger partial charge on any atom is -0.371 e. The predicted octanol–water partition coefficient (Wildman–Crippen LogP) is 5.95. The normalized spacial score (nSPS) is 15.8. The number of anilines is 1. The maximum atomic E-state index is 4.63. The van der Waals surface area contributed by atoms with Gasteiger partial charge in [-0.3, -0.25) is 4.98 Å². The predicted molar refractivity (Wildman–Crippen MR) is 112 cm³/mol. The molecule has 0 unspecified atom stereocenters. The number of nitrogens with zero attached hydrogens (tertiary/aromatic N) is 2. The number of pyridine rings is 1. The van der Waals surface area contributed by atoms with Gasteiger partial charge in [0.05, 0.1) is 5.69 Å². The Morgan fingerprint density at radius 1 is 1.00 bits per heavy atom. The van der Waals surface area contributed by atoms with Crippen LogP contribution in [0.2, 0.25) is 0 Å². The summed E-state index contributed by atoms with van der Waals surface area (Å²) in [5, 5.41) is 2.55. The molecule has 1 fully saturated rings. The molecule has 4 rings (SSSR count). The summed E-state index contributed by atoms with van der Waals surface area (Å²) >= 11 is 0. The number of benzene rings is 2. The van der Waals surface area contributed by atoms with E-state index in [4.69, 9.17) is 0 Å². The Morgan fingerprint density at radius 3 is 2.62 bits per heavy atom. The molecule has 0 amide bonds. The van der Waals surface area contributed by atoms with Crippen LogP contribution < -0.4 is 4.90 Å². The van der Waals surface area contributed by atoms with Crippen LogP contribution in [-0.2, 0) is 0 Å². The molecule has 2 heterocycles. The van der Waals surface area contributed by atoms with E-state index in [0.717, 1.165) is 24.7 Å². The molecular formula is C24H26N2. The molecule has 1 aromatic heterocycles. The minimum atomic E-state index is 0.846. The number of fused-ring (bicyclic) bond motifs is 1. The Kier molecular flexibility index (Phi) is 4.75. The van der Waals surface area contributed by atoms with E-state index in [2.05, 4.69) is 84.4 Å². The number of hydrogen-bond donors (Lipinski definition) is 0. The molecule has 2 heteroatoms. The fourth-order valence-electron chi connectivity index (χ4n) is 3.78. The monoisotopic (exact) mass is 342 g/mol. The Bertz CT molecular complexity index is 929. The lowest BCUT2D eigenvalue weighted by Crippen LogP contribution is -2.33. The van der Waals surface area contributed by atoms with Crippen LogP contribution in [0.25, 0.3) is 22.9 Å². The second-order valence-electron chi connectivity index (χ2n) is 7.47. The minimum absolute atomic E-state index is 0.846. The summed E-state index contributed by atoms with van der Waals surface area (Å²) in [5.74, 6) is 0.846. The van der Waals surface area contributed by atoms with Crippen molar-refractivity contribution in [1.29, 1.82) is 0 Å². The average Bonchev–Trinajstić information content (AvgIpc) is 2.68. The Morgan fingerprint density at radius 2 is 1.77 bits per heavy atom. The molecule has 0 spiro atoms. The first kappa shape index (κ1) is 16.8. The van der Waals surface area contributed by atoms with Crippen LogP contribution in [0.15, 0.2) is 54.7 Å². The van der Waals surface area contributed by atoms with Gasteiger partial charge in [-0.05, 0) is 59.7 Å². The molecular weight excluding hydrogens is 316 g/mol. The lowest BCUT2D eigenvalue weighted by molar-refractivity contribution is 0.438. The van der Waals surface area contributed by atoms with Gasteiger partial charge < -0.3 is 4.90 Å². The van der Waals surface area contributed by atoms with Crippen LogP contribution >= 0.6 is 0 Å². The fourth-order valence-corrected chi connectivity index (χ4v) is 3.78. The van der Waals surface area contributed by atoms with E-state index in [1.807, 2.05) is 6.20 Å². The van der Waals surface area contributed by atoms with Crippen LogP contribution in [0.1, 0.15) is 36.6 Å². The van der Waals surface area contributed by atoms with Crippen molar-refractivity contribution in [1.82, 2.24) is 4.98 Å². The van der Waals surface area contributed by atoms with Gasteiger partial charge in [-0.2, -0.15) is 0 Å². The van der Waals surface area contributed by atoms with Crippen molar-refractivity contribution < 1.29 is 0 Å². The van der Waals surface area contributed by atoms with E-state index in [9.17, 15) is 0 Å². The molecule has 0 saturated carbocycles. The maximum Gasteiger partial charge on any atom is 0.0650 e. The van der Waals surface area contributed by atoms with Crippen LogP contribution in [0.3, 0.4) is 0 Å². The first-order valence-electron chi connectivity index (χ1n) is 9.58. The lowest BCUT2D eigenvalue weighted by Gasteiger charge is -2.33. The summed E-state index contributed by atoms with van der Waals surface area (Å²) in [6.45, 7) is 6.82. The molecule has 0 atom stereocenters. The third-order valence-electron chi connectivity index (χ3n) is 5.48. The number of aryl methyl sites for hydroxylation is 1. The Balaban J connectivity index is 1.62. The van der Waals surface area contributed by atoms with Gasteiger partial charge in [-0.15, -0.1) is 0 Å². The van der Waals surface area contributed by atoms with Gasteiger partial charge in [-0.25, -0.2) is 0 Å². The number of hydrogen-bond acceptors (Lipinski definition) is 2. The van der Waals surface area contributed by atoms with Crippen molar-refractivity contribution in [2.45, 2.75) is 26.7 Å². The smallest absolute Gasteiger partial charge is 0.0650 e. The Hall–Kier alpha value is -2.61. The highest BCUT2D eigenvalue weighted by atomic mass is 15.1. The highest BCUT2D eigenvalue weighted by Crippen LogP contribution is 2.27. The summed E-state index contributed by atoms with van der Waals surface area (Å²) in [6.07, 6.45) is 8.89. The van der Waals surface area contributed by atoms with E-state index in [-0.39, 0.29) is 0 Å². The van der Waals surface area contributed by atoms with Crippen molar-refractivity contribution in [2.75, 3.05) is 18.0 Å². The van der Waals surface area contributed by atoms with Crippen LogP contribution in [0, 0.1) is 12.8 Å². The summed E-state index contributed by atoms with van der Waals surface area (Å²) in [7, 11) is 0. The van der Waals surface area contributed by atoms with Crippen molar-refractivity contribution in [2.24, 2.45) is 5.92 Å². The van der Waals surface area contributed by atoms with Crippen molar-refractivity contribution >= 4 is 28.6 Å². The zero-order valence-electron chi connectivity index (χ0n) is 15.7. The van der Waals surface area contributed by atoms with Gasteiger partial charge >= 0.3 is 0 Å². The molecule has 132 valence electrons. The van der Waals surface area contributed by atoms with Crippen LogP contribution in [0.4, 0.5) is 5.69 Å². The van der Waals surface area contributed by atoms with E-state index < -0.39 is 0 Å². The summed E-state index contributed by atoms with van der Waals surface area (Å²) in [4.78, 5) is 7.15. The Labute approximate surface area is 156 Å². The molecule has 0 bridgehead atoms. The largest absolute Gasteiger partial charge is 0.371 e. The first-order valence-corrected chi connectivity index (χ1v) is 9.58. The second kappa shape index (κ2) is 7.33. The molecule has 0 aliphatic carbocycles. The van der Waals surface area contributed by atoms with Gasteiger partial charge in [0.2, 0.25) is 0 Å². The zero-order valence-corrected chi connectivity index (χ0v) is 15.7. The van der Waals surface area contributed by atoms with Crippen LogP contribution in [0.5, 0.6) is 0 Å². The SMILES string of the molecule is Cc1cnc(/C=C\c2cccc3ccccc23)cc1N1CCC(C)CC1. The van der Waals surface area contributed by atoms with Gasteiger partial charge in [0.25, 0.3) is 0 Å².